The van der Waals surface area contributed by atoms with Crippen LogP contribution in [0.15, 0.2) is 47.2 Å². The highest BCUT2D eigenvalue weighted by molar-refractivity contribution is 7.21. The maximum Gasteiger partial charge on any atom is 0.116 e. The maximum absolute atomic E-state index is 5.60. The molecule has 0 N–H and O–H groups in total. The summed E-state index contributed by atoms with van der Waals surface area (Å²) < 4.78 is 12.6. The van der Waals surface area contributed by atoms with Crippen LogP contribution in [0, 0.1) is 11.8 Å². The van der Waals surface area contributed by atoms with Crippen molar-refractivity contribution in [3.8, 4) is 21.1 Å². The van der Waals surface area contributed by atoms with Gasteiger partial charge in [0.05, 0.1) is 32.9 Å². The molecule has 0 radical (unpaired) electrons. The van der Waals surface area contributed by atoms with Crippen molar-refractivity contribution in [1.82, 2.24) is 18.7 Å². The minimum Gasteiger partial charge on any atom is -0.244 e. The number of hydrogen-bond donors (Lipinski definition) is 0. The van der Waals surface area contributed by atoms with Crippen molar-refractivity contribution in [3.05, 3.63) is 56.9 Å². The fourth-order valence-corrected chi connectivity index (χ4v) is 12.1. The van der Waals surface area contributed by atoms with E-state index in [1.165, 1.54) is 103 Å². The SMILES string of the molecule is CCCCC(CC)Cc1cc2c(-c3cccs3)nc3c4nc(-c5cccs5)c5cc(CC(CC)CCCC)sc5c4c4nsnc4c3c2s1. The third-order valence-electron chi connectivity index (χ3n) is 10.2. The van der Waals surface area contributed by atoms with Crippen LogP contribution in [0.5, 0.6) is 0 Å². The molecule has 0 saturated carbocycles. The Morgan fingerprint density at radius 1 is 0.612 bits per heavy atom. The molecule has 0 aliphatic heterocycles. The normalized spacial score (nSPS) is 13.6. The summed E-state index contributed by atoms with van der Waals surface area (Å²) in [4.78, 5) is 16.5. The predicted molar refractivity (Wildman–Crippen MR) is 219 cm³/mol. The minimum absolute atomic E-state index is 0.699. The number of fused-ring (bicyclic) bond motifs is 10. The number of unbranched alkanes of at least 4 members (excludes halogenated alkanes) is 2. The Bertz CT molecular complexity index is 2200. The molecule has 8 aromatic rings. The Labute approximate surface area is 308 Å². The van der Waals surface area contributed by atoms with Gasteiger partial charge in [-0.3, -0.25) is 0 Å². The van der Waals surface area contributed by atoms with Gasteiger partial charge in [0, 0.05) is 40.7 Å². The molecule has 0 amide bonds. The first-order valence-corrected chi connectivity index (χ1v) is 22.1. The first-order valence-electron chi connectivity index (χ1n) is 18.0. The zero-order valence-electron chi connectivity index (χ0n) is 28.7. The van der Waals surface area contributed by atoms with Crippen molar-refractivity contribution in [1.29, 1.82) is 0 Å². The van der Waals surface area contributed by atoms with E-state index in [0.717, 1.165) is 57.1 Å². The van der Waals surface area contributed by atoms with Crippen molar-refractivity contribution in [3.63, 3.8) is 0 Å². The summed E-state index contributed by atoms with van der Waals surface area (Å²) in [6.45, 7) is 9.29. The van der Waals surface area contributed by atoms with Crippen LogP contribution in [0.1, 0.15) is 88.8 Å². The van der Waals surface area contributed by atoms with E-state index in [0.29, 0.717) is 11.8 Å². The second-order valence-electron chi connectivity index (χ2n) is 13.4. The van der Waals surface area contributed by atoms with Gasteiger partial charge in [0.1, 0.15) is 22.1 Å². The third kappa shape index (κ3) is 6.13. The van der Waals surface area contributed by atoms with E-state index < -0.39 is 0 Å². The molecule has 4 nitrogen and oxygen atoms in total. The Hall–Kier alpha value is -2.82. The molecule has 0 aliphatic rings. The van der Waals surface area contributed by atoms with Crippen LogP contribution in [-0.4, -0.2) is 18.7 Å². The van der Waals surface area contributed by atoms with Gasteiger partial charge in [0.25, 0.3) is 0 Å². The number of rotatable bonds is 14. The van der Waals surface area contributed by atoms with Gasteiger partial charge in [-0.05, 0) is 59.7 Å². The number of nitrogens with zero attached hydrogens (tertiary/aromatic N) is 4. The van der Waals surface area contributed by atoms with Gasteiger partial charge < -0.3 is 0 Å². The fourth-order valence-electron chi connectivity index (χ4n) is 7.44. The number of thiophene rings is 4. The molecule has 2 unspecified atom stereocenters. The molecule has 7 heterocycles. The van der Waals surface area contributed by atoms with Crippen LogP contribution >= 0.6 is 57.1 Å². The number of hydrogen-bond acceptors (Lipinski definition) is 9. The summed E-state index contributed by atoms with van der Waals surface area (Å²) in [7, 11) is 0. The highest BCUT2D eigenvalue weighted by atomic mass is 32.1. The Balaban J connectivity index is 1.43. The molecule has 9 heteroatoms. The van der Waals surface area contributed by atoms with Crippen molar-refractivity contribution in [2.75, 3.05) is 0 Å². The lowest BCUT2D eigenvalue weighted by atomic mass is 9.95. The summed E-state index contributed by atoms with van der Waals surface area (Å²) in [5.41, 5.74) is 6.01. The Morgan fingerprint density at radius 2 is 1.08 bits per heavy atom. The van der Waals surface area contributed by atoms with E-state index in [2.05, 4.69) is 74.9 Å². The Morgan fingerprint density at radius 3 is 1.47 bits per heavy atom. The zero-order valence-corrected chi connectivity index (χ0v) is 32.8. The van der Waals surface area contributed by atoms with Gasteiger partial charge in [0.15, 0.2) is 0 Å². The van der Waals surface area contributed by atoms with Crippen molar-refractivity contribution < 1.29 is 0 Å². The zero-order chi connectivity index (χ0) is 33.5. The summed E-state index contributed by atoms with van der Waals surface area (Å²) >= 11 is 8.75. The van der Waals surface area contributed by atoms with Crippen molar-refractivity contribution in [2.45, 2.75) is 91.9 Å². The molecule has 1 aromatic carbocycles. The molecule has 0 fully saturated rings. The average molecular weight is 739 g/mol. The summed E-state index contributed by atoms with van der Waals surface area (Å²) in [6.07, 6.45) is 12.3. The predicted octanol–water partition coefficient (Wildman–Crippen LogP) is 14.2. The summed E-state index contributed by atoms with van der Waals surface area (Å²) in [6, 6.07) is 13.6. The van der Waals surface area contributed by atoms with Gasteiger partial charge in [-0.2, -0.15) is 8.75 Å². The first-order chi connectivity index (χ1) is 24.1. The first kappa shape index (κ1) is 33.3. The van der Waals surface area contributed by atoms with Gasteiger partial charge in [-0.1, -0.05) is 91.2 Å². The van der Waals surface area contributed by atoms with Crippen LogP contribution in [0.4, 0.5) is 0 Å². The minimum atomic E-state index is 0.699. The van der Waals surface area contributed by atoms with Crippen LogP contribution < -0.4 is 0 Å². The molecule has 0 spiro atoms. The van der Waals surface area contributed by atoms with E-state index in [1.807, 2.05) is 22.7 Å². The molecule has 8 rings (SSSR count). The Kier molecular flexibility index (Phi) is 9.81. The quantitative estimate of drug-likeness (QED) is 0.104. The number of benzene rings is 1. The molecule has 0 bridgehead atoms. The van der Waals surface area contributed by atoms with Gasteiger partial charge in [0.2, 0.25) is 0 Å². The molecule has 0 saturated heterocycles. The average Bonchev–Trinajstić information content (AvgIpc) is 3.97. The lowest BCUT2D eigenvalue weighted by Gasteiger charge is -2.12. The fraction of sp³-hybridized carbons (Fsp3) is 0.400. The molecule has 7 aromatic heterocycles. The smallest absolute Gasteiger partial charge is 0.116 e. The summed E-state index contributed by atoms with van der Waals surface area (Å²) in [5, 5.41) is 9.05. The lowest BCUT2D eigenvalue weighted by Crippen LogP contribution is -2.01. The highest BCUT2D eigenvalue weighted by Gasteiger charge is 2.26. The summed E-state index contributed by atoms with van der Waals surface area (Å²) in [5.74, 6) is 1.40. The highest BCUT2D eigenvalue weighted by Crippen LogP contribution is 2.48. The molecule has 252 valence electrons. The van der Waals surface area contributed by atoms with Crippen molar-refractivity contribution >= 4 is 110 Å². The number of pyridine rings is 2. The van der Waals surface area contributed by atoms with Crippen LogP contribution in [0.25, 0.3) is 74.2 Å². The molecule has 2 atom stereocenters. The van der Waals surface area contributed by atoms with Crippen molar-refractivity contribution in [2.24, 2.45) is 11.8 Å². The largest absolute Gasteiger partial charge is 0.244 e. The van der Waals surface area contributed by atoms with E-state index in [1.54, 1.807) is 22.7 Å². The standard InChI is InChI=1S/C40H42N4S5/c1-5-9-13-23(7-3)19-25-21-27-33(29-15-11-17-45-29)41-35-31(39(27)47-25)37-38(44-49-43-37)32-36(35)42-34(30-16-12-18-46-30)28-22-26(48-40(28)32)20-24(8-4)14-10-6-2/h11-12,15-18,21-24H,5-10,13-14,19-20H2,1-4H3. The van der Waals surface area contributed by atoms with Crippen LogP contribution in [0.2, 0.25) is 0 Å². The molecular formula is C40H42N4S5. The second kappa shape index (κ2) is 14.4. The van der Waals surface area contributed by atoms with Gasteiger partial charge >= 0.3 is 0 Å². The van der Waals surface area contributed by atoms with E-state index >= 15 is 0 Å². The van der Waals surface area contributed by atoms with Crippen LogP contribution in [0.3, 0.4) is 0 Å². The second-order valence-corrected chi connectivity index (χ2v) is 18.1. The monoisotopic (exact) mass is 738 g/mol. The van der Waals surface area contributed by atoms with E-state index in [-0.39, 0.29) is 0 Å². The molecule has 0 aliphatic carbocycles. The van der Waals surface area contributed by atoms with Crippen LogP contribution in [-0.2, 0) is 12.8 Å². The van der Waals surface area contributed by atoms with E-state index in [9.17, 15) is 0 Å². The topological polar surface area (TPSA) is 51.6 Å². The lowest BCUT2D eigenvalue weighted by molar-refractivity contribution is 0.452. The molecular weight excluding hydrogens is 697 g/mol. The van der Waals surface area contributed by atoms with E-state index in [4.69, 9.17) is 18.7 Å². The molecule has 49 heavy (non-hydrogen) atoms. The van der Waals surface area contributed by atoms with Gasteiger partial charge in [-0.25, -0.2) is 9.97 Å². The third-order valence-corrected chi connectivity index (χ3v) is 14.8. The number of aromatic nitrogens is 4. The maximum atomic E-state index is 5.60. The van der Waals surface area contributed by atoms with Gasteiger partial charge in [-0.15, -0.1) is 45.3 Å².